The molecule has 0 aromatic carbocycles. The number of carbonyl (C=O) groups is 1. The van der Waals surface area contributed by atoms with Gasteiger partial charge in [0.15, 0.2) is 0 Å². The molecule has 0 aliphatic carbocycles. The molecule has 94 valence electrons. The van der Waals surface area contributed by atoms with E-state index >= 15 is 0 Å². The summed E-state index contributed by atoms with van der Waals surface area (Å²) in [6, 6.07) is 0. The maximum atomic E-state index is 11.6. The molecule has 1 atom stereocenters. The number of nitrogens with zero attached hydrogens (tertiary/aromatic N) is 3. The van der Waals surface area contributed by atoms with Crippen LogP contribution in [0.1, 0.15) is 37.6 Å². The van der Waals surface area contributed by atoms with E-state index in [0.29, 0.717) is 18.1 Å². The Labute approximate surface area is 110 Å². The highest BCUT2D eigenvalue weighted by atomic mass is 35.5. The predicted molar refractivity (Wildman–Crippen MR) is 69.7 cm³/mol. The van der Waals surface area contributed by atoms with E-state index < -0.39 is 0 Å². The molecule has 1 aromatic rings. The molecule has 6 heteroatoms. The van der Waals surface area contributed by atoms with Gasteiger partial charge in [0.2, 0.25) is 11.0 Å². The van der Waals surface area contributed by atoms with Crippen LogP contribution in [0.4, 0.5) is 5.13 Å². The Hall–Kier alpha value is -0.680. The van der Waals surface area contributed by atoms with Gasteiger partial charge >= 0.3 is 0 Å². The van der Waals surface area contributed by atoms with Gasteiger partial charge in [-0.05, 0) is 6.42 Å². The molecule has 0 bridgehead atoms. The van der Waals surface area contributed by atoms with Crippen molar-refractivity contribution < 1.29 is 4.79 Å². The van der Waals surface area contributed by atoms with Crippen molar-refractivity contribution in [3.05, 3.63) is 5.01 Å². The molecule has 0 radical (unpaired) electrons. The lowest BCUT2D eigenvalue weighted by Crippen LogP contribution is -2.24. The Kier molecular flexibility index (Phi) is 4.34. The van der Waals surface area contributed by atoms with Gasteiger partial charge in [-0.3, -0.25) is 9.69 Å². The number of hydrogen-bond donors (Lipinski definition) is 0. The van der Waals surface area contributed by atoms with Crippen LogP contribution in [0.3, 0.4) is 0 Å². The standard InChI is InChI=1S/C11H16ClN3OS/c1-2-3-4-5-9-13-14-11(17-9)15-7-8(12)6-10(15)16/h8H,2-7H2,1H3. The molecule has 0 saturated carbocycles. The van der Waals surface area contributed by atoms with Gasteiger partial charge in [0.05, 0.1) is 5.38 Å². The fourth-order valence-electron chi connectivity index (χ4n) is 1.83. The van der Waals surface area contributed by atoms with E-state index in [1.54, 1.807) is 4.90 Å². The molecule has 1 unspecified atom stereocenters. The average molecular weight is 274 g/mol. The van der Waals surface area contributed by atoms with E-state index in [4.69, 9.17) is 11.6 Å². The number of carbonyl (C=O) groups excluding carboxylic acids is 1. The Morgan fingerprint density at radius 3 is 2.94 bits per heavy atom. The maximum absolute atomic E-state index is 11.6. The lowest BCUT2D eigenvalue weighted by atomic mass is 10.2. The third kappa shape index (κ3) is 3.16. The number of halogens is 1. The third-order valence-electron chi connectivity index (χ3n) is 2.76. The van der Waals surface area contributed by atoms with Gasteiger partial charge in [0, 0.05) is 19.4 Å². The zero-order chi connectivity index (χ0) is 12.3. The van der Waals surface area contributed by atoms with Crippen molar-refractivity contribution >= 4 is 34.0 Å². The summed E-state index contributed by atoms with van der Waals surface area (Å²) in [5.74, 6) is 0.0567. The highest BCUT2D eigenvalue weighted by molar-refractivity contribution is 7.15. The van der Waals surface area contributed by atoms with E-state index in [9.17, 15) is 4.79 Å². The first-order valence-electron chi connectivity index (χ1n) is 5.97. The molecule has 4 nitrogen and oxygen atoms in total. The Morgan fingerprint density at radius 1 is 1.47 bits per heavy atom. The number of hydrogen-bond acceptors (Lipinski definition) is 4. The van der Waals surface area contributed by atoms with Crippen molar-refractivity contribution in [1.82, 2.24) is 10.2 Å². The fourth-order valence-corrected chi connectivity index (χ4v) is 3.01. The second-order valence-corrected chi connectivity index (χ2v) is 5.90. The lowest BCUT2D eigenvalue weighted by Gasteiger charge is -2.09. The largest absolute Gasteiger partial charge is 0.285 e. The van der Waals surface area contributed by atoms with Crippen molar-refractivity contribution in [2.24, 2.45) is 0 Å². The molecular weight excluding hydrogens is 258 g/mol. The van der Waals surface area contributed by atoms with Crippen molar-refractivity contribution in [1.29, 1.82) is 0 Å². The van der Waals surface area contributed by atoms with Gasteiger partial charge < -0.3 is 0 Å². The van der Waals surface area contributed by atoms with Gasteiger partial charge in [-0.1, -0.05) is 31.1 Å². The number of rotatable bonds is 5. The summed E-state index contributed by atoms with van der Waals surface area (Å²) in [7, 11) is 0. The normalized spacial score (nSPS) is 20.2. The summed E-state index contributed by atoms with van der Waals surface area (Å²) >= 11 is 7.47. The molecule has 1 aliphatic heterocycles. The van der Waals surface area contributed by atoms with Crippen molar-refractivity contribution in [3.63, 3.8) is 0 Å². The van der Waals surface area contributed by atoms with Gasteiger partial charge in [-0.25, -0.2) is 0 Å². The van der Waals surface area contributed by atoms with Crippen molar-refractivity contribution in [2.45, 2.75) is 44.4 Å². The third-order valence-corrected chi connectivity index (χ3v) is 4.06. The number of aryl methyl sites for hydroxylation is 1. The summed E-state index contributed by atoms with van der Waals surface area (Å²) in [4.78, 5) is 13.3. The summed E-state index contributed by atoms with van der Waals surface area (Å²) in [5.41, 5.74) is 0. The Balaban J connectivity index is 1.96. The van der Waals surface area contributed by atoms with E-state index in [2.05, 4.69) is 17.1 Å². The minimum absolute atomic E-state index is 0.0567. The molecule has 1 saturated heterocycles. The van der Waals surface area contributed by atoms with Crippen LogP contribution in [0.25, 0.3) is 0 Å². The first-order chi connectivity index (χ1) is 8.20. The quantitative estimate of drug-likeness (QED) is 0.612. The van der Waals surface area contributed by atoms with Gasteiger partial charge in [0.1, 0.15) is 5.01 Å². The maximum Gasteiger partial charge on any atom is 0.230 e. The van der Waals surface area contributed by atoms with Crippen molar-refractivity contribution in [3.8, 4) is 0 Å². The summed E-state index contributed by atoms with van der Waals surface area (Å²) in [6.07, 6.45) is 4.91. The molecule has 0 N–H and O–H groups in total. The van der Waals surface area contributed by atoms with Gasteiger partial charge in [-0.2, -0.15) is 0 Å². The summed E-state index contributed by atoms with van der Waals surface area (Å²) < 4.78 is 0. The van der Waals surface area contributed by atoms with Crippen LogP contribution in [0.15, 0.2) is 0 Å². The summed E-state index contributed by atoms with van der Waals surface area (Å²) in [6.45, 7) is 2.74. The van der Waals surface area contributed by atoms with Crippen LogP contribution >= 0.6 is 22.9 Å². The molecule has 1 fully saturated rings. The summed E-state index contributed by atoms with van der Waals surface area (Å²) in [5, 5.41) is 9.82. The van der Waals surface area contributed by atoms with E-state index in [-0.39, 0.29) is 11.3 Å². The van der Waals surface area contributed by atoms with Gasteiger partial charge in [0.25, 0.3) is 0 Å². The number of amides is 1. The Morgan fingerprint density at radius 2 is 2.29 bits per heavy atom. The second-order valence-electron chi connectivity index (χ2n) is 4.24. The number of unbranched alkanes of at least 4 members (excludes halogenated alkanes) is 2. The average Bonchev–Trinajstić information content (AvgIpc) is 2.86. The second kappa shape index (κ2) is 5.78. The molecule has 2 rings (SSSR count). The van der Waals surface area contributed by atoms with Gasteiger partial charge in [-0.15, -0.1) is 21.8 Å². The Bertz CT molecular complexity index is 396. The van der Waals surface area contributed by atoms with Crippen LogP contribution in [0.2, 0.25) is 0 Å². The van der Waals surface area contributed by atoms with Crippen LogP contribution in [-0.2, 0) is 11.2 Å². The molecular formula is C11H16ClN3OS. The highest BCUT2D eigenvalue weighted by Crippen LogP contribution is 2.27. The lowest BCUT2D eigenvalue weighted by molar-refractivity contribution is -0.117. The number of anilines is 1. The van der Waals surface area contributed by atoms with E-state index in [1.807, 2.05) is 0 Å². The van der Waals surface area contributed by atoms with Crippen molar-refractivity contribution in [2.75, 3.05) is 11.4 Å². The molecule has 1 aromatic heterocycles. The first kappa shape index (κ1) is 12.8. The molecule has 1 amide bonds. The topological polar surface area (TPSA) is 46.1 Å². The minimum Gasteiger partial charge on any atom is -0.285 e. The zero-order valence-corrected chi connectivity index (χ0v) is 11.4. The SMILES string of the molecule is CCCCCc1nnc(N2CC(Cl)CC2=O)s1. The zero-order valence-electron chi connectivity index (χ0n) is 9.86. The van der Waals surface area contributed by atoms with Crippen LogP contribution < -0.4 is 4.90 Å². The molecule has 0 spiro atoms. The molecule has 2 heterocycles. The van der Waals surface area contributed by atoms with Crippen LogP contribution in [0.5, 0.6) is 0 Å². The van der Waals surface area contributed by atoms with Crippen LogP contribution in [-0.4, -0.2) is 28.0 Å². The number of aromatic nitrogens is 2. The predicted octanol–water partition coefficient (Wildman–Crippen LogP) is 2.61. The highest BCUT2D eigenvalue weighted by Gasteiger charge is 2.31. The molecule has 17 heavy (non-hydrogen) atoms. The minimum atomic E-state index is -0.0880. The molecule has 1 aliphatic rings. The fraction of sp³-hybridized carbons (Fsp3) is 0.727. The van der Waals surface area contributed by atoms with Crippen LogP contribution in [0, 0.1) is 0 Å². The van der Waals surface area contributed by atoms with E-state index in [1.165, 1.54) is 24.2 Å². The number of alkyl halides is 1. The van der Waals surface area contributed by atoms with E-state index in [0.717, 1.165) is 17.8 Å². The smallest absolute Gasteiger partial charge is 0.230 e. The first-order valence-corrected chi connectivity index (χ1v) is 7.22. The monoisotopic (exact) mass is 273 g/mol.